The second-order valence-electron chi connectivity index (χ2n) is 6.05. The molecule has 3 aromatic rings. The Morgan fingerprint density at radius 1 is 0.870 bits per heavy atom. The molecule has 0 bridgehead atoms. The van der Waals surface area contributed by atoms with Crippen LogP contribution in [0.25, 0.3) is 10.8 Å². The molecule has 1 aromatic heterocycles. The van der Waals surface area contributed by atoms with Crippen molar-refractivity contribution in [1.29, 1.82) is 0 Å². The Balaban J connectivity index is 1.79. The molecular weight excluding hydrogens is 282 g/mol. The van der Waals surface area contributed by atoms with Gasteiger partial charge in [-0.1, -0.05) is 42.5 Å². The number of benzene rings is 2. The van der Waals surface area contributed by atoms with Crippen LogP contribution in [0.2, 0.25) is 0 Å². The summed E-state index contributed by atoms with van der Waals surface area (Å²) in [6, 6.07) is 21.8. The van der Waals surface area contributed by atoms with Crippen molar-refractivity contribution in [3.05, 3.63) is 78.1 Å². The van der Waals surface area contributed by atoms with Crippen molar-refractivity contribution < 1.29 is 0 Å². The van der Waals surface area contributed by atoms with E-state index < -0.39 is 0 Å². The summed E-state index contributed by atoms with van der Waals surface area (Å²) in [4.78, 5) is 7.18. The van der Waals surface area contributed by atoms with Crippen molar-refractivity contribution in [2.75, 3.05) is 26.2 Å². The highest BCUT2D eigenvalue weighted by molar-refractivity contribution is 5.83. The molecule has 23 heavy (non-hydrogen) atoms. The van der Waals surface area contributed by atoms with Gasteiger partial charge in [-0.05, 0) is 34.5 Å². The van der Waals surface area contributed by atoms with Gasteiger partial charge in [0.25, 0.3) is 0 Å². The van der Waals surface area contributed by atoms with Crippen molar-refractivity contribution in [3.63, 3.8) is 0 Å². The molecule has 3 heteroatoms. The number of nitrogens with zero attached hydrogens (tertiary/aromatic N) is 2. The fourth-order valence-electron chi connectivity index (χ4n) is 3.42. The largest absolute Gasteiger partial charge is 0.314 e. The highest BCUT2D eigenvalue weighted by Crippen LogP contribution is 2.29. The monoisotopic (exact) mass is 303 g/mol. The summed E-state index contributed by atoms with van der Waals surface area (Å²) in [6.45, 7) is 4.18. The number of nitrogens with one attached hydrogen (secondary N) is 1. The Morgan fingerprint density at radius 3 is 2.43 bits per heavy atom. The van der Waals surface area contributed by atoms with Crippen LogP contribution >= 0.6 is 0 Å². The lowest BCUT2D eigenvalue weighted by atomic mass is 9.97. The molecule has 1 saturated heterocycles. The molecule has 1 atom stereocenters. The average molecular weight is 303 g/mol. The molecule has 4 rings (SSSR count). The molecule has 2 heterocycles. The molecule has 1 unspecified atom stereocenters. The lowest BCUT2D eigenvalue weighted by Crippen LogP contribution is -2.45. The van der Waals surface area contributed by atoms with E-state index in [0.717, 1.165) is 31.9 Å². The molecule has 0 aliphatic carbocycles. The maximum atomic E-state index is 4.65. The third-order valence-corrected chi connectivity index (χ3v) is 4.57. The summed E-state index contributed by atoms with van der Waals surface area (Å²) in [6.07, 6.45) is 1.89. The first kappa shape index (κ1) is 14.4. The zero-order valence-corrected chi connectivity index (χ0v) is 13.2. The van der Waals surface area contributed by atoms with Crippen molar-refractivity contribution in [1.82, 2.24) is 15.2 Å². The van der Waals surface area contributed by atoms with Crippen LogP contribution in [-0.4, -0.2) is 36.1 Å². The SMILES string of the molecule is c1ccc(C(c2ccc3ccccc3c2)N2CCNCC2)nc1. The van der Waals surface area contributed by atoms with Crippen LogP contribution in [0.4, 0.5) is 0 Å². The van der Waals surface area contributed by atoms with Crippen molar-refractivity contribution in [2.45, 2.75) is 6.04 Å². The van der Waals surface area contributed by atoms with E-state index in [1.165, 1.54) is 16.3 Å². The van der Waals surface area contributed by atoms with Gasteiger partial charge < -0.3 is 5.32 Å². The summed E-state index contributed by atoms with van der Waals surface area (Å²) >= 11 is 0. The predicted octanol–water partition coefficient (Wildman–Crippen LogP) is 3.23. The van der Waals surface area contributed by atoms with Crippen LogP contribution in [0.1, 0.15) is 17.3 Å². The van der Waals surface area contributed by atoms with Gasteiger partial charge in [0.15, 0.2) is 0 Å². The second-order valence-corrected chi connectivity index (χ2v) is 6.05. The molecule has 2 aromatic carbocycles. The first-order valence-electron chi connectivity index (χ1n) is 8.26. The molecule has 3 nitrogen and oxygen atoms in total. The number of piperazine rings is 1. The third kappa shape index (κ3) is 2.98. The van der Waals surface area contributed by atoms with Gasteiger partial charge in [-0.25, -0.2) is 0 Å². The van der Waals surface area contributed by atoms with Gasteiger partial charge in [0.1, 0.15) is 0 Å². The van der Waals surface area contributed by atoms with Crippen LogP contribution in [0.15, 0.2) is 66.9 Å². The summed E-state index contributed by atoms with van der Waals surface area (Å²) < 4.78 is 0. The summed E-state index contributed by atoms with van der Waals surface area (Å²) in [5, 5.41) is 6.02. The first-order valence-corrected chi connectivity index (χ1v) is 8.26. The number of rotatable bonds is 3. The van der Waals surface area contributed by atoms with Crippen LogP contribution in [0.3, 0.4) is 0 Å². The predicted molar refractivity (Wildman–Crippen MR) is 94.5 cm³/mol. The highest BCUT2D eigenvalue weighted by Gasteiger charge is 2.24. The first-order chi connectivity index (χ1) is 11.4. The van der Waals surface area contributed by atoms with Gasteiger partial charge in [-0.3, -0.25) is 9.88 Å². The number of fused-ring (bicyclic) bond motifs is 1. The Labute approximate surface area is 137 Å². The summed E-state index contributed by atoms with van der Waals surface area (Å²) in [5.41, 5.74) is 2.45. The van der Waals surface area contributed by atoms with Crippen molar-refractivity contribution in [3.8, 4) is 0 Å². The molecule has 1 aliphatic rings. The van der Waals surface area contributed by atoms with Gasteiger partial charge in [0.2, 0.25) is 0 Å². The Bertz CT molecular complexity index is 779. The number of pyridine rings is 1. The normalized spacial score (nSPS) is 17.2. The fourth-order valence-corrected chi connectivity index (χ4v) is 3.42. The number of hydrogen-bond donors (Lipinski definition) is 1. The van der Waals surface area contributed by atoms with Crippen LogP contribution < -0.4 is 5.32 Å². The average Bonchev–Trinajstić information content (AvgIpc) is 2.64. The lowest BCUT2D eigenvalue weighted by Gasteiger charge is -2.35. The molecule has 1 fully saturated rings. The van der Waals surface area contributed by atoms with E-state index in [1.807, 2.05) is 12.3 Å². The second kappa shape index (κ2) is 6.49. The highest BCUT2D eigenvalue weighted by atomic mass is 15.2. The maximum absolute atomic E-state index is 4.65. The van der Waals surface area contributed by atoms with E-state index in [-0.39, 0.29) is 6.04 Å². The van der Waals surface area contributed by atoms with Gasteiger partial charge in [-0.2, -0.15) is 0 Å². The van der Waals surface area contributed by atoms with Crippen molar-refractivity contribution >= 4 is 10.8 Å². The third-order valence-electron chi connectivity index (χ3n) is 4.57. The minimum absolute atomic E-state index is 0.225. The Morgan fingerprint density at radius 2 is 1.65 bits per heavy atom. The van der Waals surface area contributed by atoms with E-state index in [0.29, 0.717) is 0 Å². The van der Waals surface area contributed by atoms with Crippen LogP contribution in [-0.2, 0) is 0 Å². The standard InChI is InChI=1S/C20H21N3/c1-2-6-17-15-18(9-8-16(17)5-1)20(19-7-3-4-10-22-19)23-13-11-21-12-14-23/h1-10,15,20-21H,11-14H2. The Hall–Kier alpha value is -2.23. The lowest BCUT2D eigenvalue weighted by molar-refractivity contribution is 0.195. The quantitative estimate of drug-likeness (QED) is 0.805. The smallest absolute Gasteiger partial charge is 0.0777 e. The molecule has 0 radical (unpaired) electrons. The van der Waals surface area contributed by atoms with Crippen LogP contribution in [0, 0.1) is 0 Å². The fraction of sp³-hybridized carbons (Fsp3) is 0.250. The van der Waals surface area contributed by atoms with E-state index >= 15 is 0 Å². The van der Waals surface area contributed by atoms with E-state index in [1.54, 1.807) is 0 Å². The molecule has 116 valence electrons. The molecule has 0 saturated carbocycles. The molecule has 0 spiro atoms. The molecular formula is C20H21N3. The van der Waals surface area contributed by atoms with E-state index in [2.05, 4.69) is 69.8 Å². The zero-order valence-electron chi connectivity index (χ0n) is 13.2. The molecule has 1 N–H and O–H groups in total. The van der Waals surface area contributed by atoms with E-state index in [4.69, 9.17) is 0 Å². The summed E-state index contributed by atoms with van der Waals surface area (Å²) in [7, 11) is 0. The molecule has 0 amide bonds. The van der Waals surface area contributed by atoms with Crippen LogP contribution in [0.5, 0.6) is 0 Å². The topological polar surface area (TPSA) is 28.2 Å². The molecule has 1 aliphatic heterocycles. The van der Waals surface area contributed by atoms with Gasteiger partial charge in [0.05, 0.1) is 11.7 Å². The Kier molecular flexibility index (Phi) is 4.05. The number of hydrogen-bond acceptors (Lipinski definition) is 3. The summed E-state index contributed by atoms with van der Waals surface area (Å²) in [5.74, 6) is 0. The van der Waals surface area contributed by atoms with Gasteiger partial charge >= 0.3 is 0 Å². The minimum Gasteiger partial charge on any atom is -0.314 e. The minimum atomic E-state index is 0.225. The van der Waals surface area contributed by atoms with E-state index in [9.17, 15) is 0 Å². The van der Waals surface area contributed by atoms with Crippen molar-refractivity contribution in [2.24, 2.45) is 0 Å². The maximum Gasteiger partial charge on any atom is 0.0777 e. The van der Waals surface area contributed by atoms with Gasteiger partial charge in [-0.15, -0.1) is 0 Å². The number of aromatic nitrogens is 1. The van der Waals surface area contributed by atoms with Gasteiger partial charge in [0, 0.05) is 32.4 Å². The zero-order chi connectivity index (χ0) is 15.5.